The summed E-state index contributed by atoms with van der Waals surface area (Å²) in [6.07, 6.45) is 9.63. The van der Waals surface area contributed by atoms with Gasteiger partial charge in [0.05, 0.1) is 12.4 Å². The van der Waals surface area contributed by atoms with Crippen molar-refractivity contribution in [2.75, 3.05) is 18.0 Å². The van der Waals surface area contributed by atoms with Crippen molar-refractivity contribution in [2.45, 2.75) is 12.8 Å². The van der Waals surface area contributed by atoms with Crippen LogP contribution in [-0.4, -0.2) is 32.6 Å². The highest BCUT2D eigenvalue weighted by Gasteiger charge is 2.24. The molecule has 0 amide bonds. The molecule has 112 valence electrons. The fourth-order valence-corrected chi connectivity index (χ4v) is 3.30. The SMILES string of the molecule is Oc1cccc(CC2CCN(c3cncc4nccn34)C2)c1. The summed E-state index contributed by atoms with van der Waals surface area (Å²) < 4.78 is 2.09. The third-order valence-electron chi connectivity index (χ3n) is 4.34. The number of anilines is 1. The average molecular weight is 294 g/mol. The molecule has 2 aromatic heterocycles. The number of imidazole rings is 1. The molecule has 1 fully saturated rings. The van der Waals surface area contributed by atoms with Crippen molar-refractivity contribution in [3.8, 4) is 5.75 Å². The lowest BCUT2D eigenvalue weighted by Gasteiger charge is -2.19. The van der Waals surface area contributed by atoms with Crippen LogP contribution in [0.15, 0.2) is 49.1 Å². The van der Waals surface area contributed by atoms with Crippen molar-refractivity contribution in [3.05, 3.63) is 54.6 Å². The fraction of sp³-hybridized carbons (Fsp3) is 0.294. The van der Waals surface area contributed by atoms with Gasteiger partial charge in [-0.15, -0.1) is 0 Å². The second-order valence-electron chi connectivity index (χ2n) is 5.90. The smallest absolute Gasteiger partial charge is 0.156 e. The molecule has 1 N–H and O–H groups in total. The van der Waals surface area contributed by atoms with E-state index in [2.05, 4.69) is 25.3 Å². The molecule has 1 atom stereocenters. The quantitative estimate of drug-likeness (QED) is 0.806. The molecule has 1 aliphatic rings. The number of hydrogen-bond acceptors (Lipinski definition) is 4. The van der Waals surface area contributed by atoms with Crippen LogP contribution in [0.5, 0.6) is 5.75 Å². The van der Waals surface area contributed by atoms with Crippen molar-refractivity contribution < 1.29 is 5.11 Å². The van der Waals surface area contributed by atoms with Gasteiger partial charge in [0, 0.05) is 25.5 Å². The van der Waals surface area contributed by atoms with Crippen LogP contribution in [0.4, 0.5) is 5.82 Å². The summed E-state index contributed by atoms with van der Waals surface area (Å²) >= 11 is 0. The Morgan fingerprint density at radius 3 is 3.14 bits per heavy atom. The van der Waals surface area contributed by atoms with Gasteiger partial charge in [0.25, 0.3) is 0 Å². The minimum absolute atomic E-state index is 0.347. The largest absolute Gasteiger partial charge is 0.508 e. The van der Waals surface area contributed by atoms with Gasteiger partial charge in [-0.1, -0.05) is 12.1 Å². The van der Waals surface area contributed by atoms with E-state index in [1.807, 2.05) is 24.5 Å². The summed E-state index contributed by atoms with van der Waals surface area (Å²) in [7, 11) is 0. The molecule has 4 rings (SSSR count). The van der Waals surface area contributed by atoms with Gasteiger partial charge in [-0.05, 0) is 36.5 Å². The molecular formula is C17H18N4O. The molecule has 1 unspecified atom stereocenters. The molecule has 5 heteroatoms. The third kappa shape index (κ3) is 2.39. The lowest BCUT2D eigenvalue weighted by atomic mass is 9.99. The summed E-state index contributed by atoms with van der Waals surface area (Å²) in [6, 6.07) is 7.57. The van der Waals surface area contributed by atoms with Gasteiger partial charge in [0.2, 0.25) is 0 Å². The Bertz CT molecular complexity index is 798. The van der Waals surface area contributed by atoms with Crippen LogP contribution < -0.4 is 4.90 Å². The maximum absolute atomic E-state index is 9.58. The molecule has 22 heavy (non-hydrogen) atoms. The van der Waals surface area contributed by atoms with Crippen molar-refractivity contribution >= 4 is 11.5 Å². The van der Waals surface area contributed by atoms with E-state index in [1.165, 1.54) is 5.56 Å². The first-order valence-electron chi connectivity index (χ1n) is 7.59. The molecule has 0 bridgehead atoms. The Morgan fingerprint density at radius 1 is 1.27 bits per heavy atom. The highest BCUT2D eigenvalue weighted by molar-refractivity contribution is 5.49. The number of aromatic nitrogens is 3. The third-order valence-corrected chi connectivity index (χ3v) is 4.34. The number of nitrogens with zero attached hydrogens (tertiary/aromatic N) is 4. The van der Waals surface area contributed by atoms with Gasteiger partial charge in [-0.3, -0.25) is 9.38 Å². The lowest BCUT2D eigenvalue weighted by Crippen LogP contribution is -2.22. The number of benzene rings is 1. The first-order chi connectivity index (χ1) is 10.8. The number of fused-ring (bicyclic) bond motifs is 1. The Balaban J connectivity index is 1.51. The molecule has 0 saturated carbocycles. The van der Waals surface area contributed by atoms with Gasteiger partial charge in [-0.2, -0.15) is 0 Å². The van der Waals surface area contributed by atoms with E-state index in [1.54, 1.807) is 18.5 Å². The van der Waals surface area contributed by atoms with E-state index >= 15 is 0 Å². The predicted molar refractivity (Wildman–Crippen MR) is 85.1 cm³/mol. The van der Waals surface area contributed by atoms with Crippen molar-refractivity contribution in [2.24, 2.45) is 5.92 Å². The zero-order valence-corrected chi connectivity index (χ0v) is 12.3. The monoisotopic (exact) mass is 294 g/mol. The Hall–Kier alpha value is -2.56. The van der Waals surface area contributed by atoms with E-state index in [0.717, 1.165) is 37.4 Å². The van der Waals surface area contributed by atoms with E-state index < -0.39 is 0 Å². The van der Waals surface area contributed by atoms with Crippen LogP contribution in [0, 0.1) is 5.92 Å². The summed E-state index contributed by atoms with van der Waals surface area (Å²) in [6.45, 7) is 2.04. The van der Waals surface area contributed by atoms with Crippen LogP contribution in [0.2, 0.25) is 0 Å². The van der Waals surface area contributed by atoms with Crippen molar-refractivity contribution in [1.29, 1.82) is 0 Å². The zero-order valence-electron chi connectivity index (χ0n) is 12.3. The minimum atomic E-state index is 0.347. The fourth-order valence-electron chi connectivity index (χ4n) is 3.30. The van der Waals surface area contributed by atoms with Crippen LogP contribution in [0.25, 0.3) is 5.65 Å². The molecule has 0 spiro atoms. The molecule has 5 nitrogen and oxygen atoms in total. The zero-order chi connectivity index (χ0) is 14.9. The van der Waals surface area contributed by atoms with Crippen LogP contribution in [0.1, 0.15) is 12.0 Å². The van der Waals surface area contributed by atoms with Crippen molar-refractivity contribution in [3.63, 3.8) is 0 Å². The summed E-state index contributed by atoms with van der Waals surface area (Å²) in [5.41, 5.74) is 2.08. The molecule has 0 aliphatic carbocycles. The van der Waals surface area contributed by atoms with E-state index in [9.17, 15) is 5.11 Å². The highest BCUT2D eigenvalue weighted by Crippen LogP contribution is 2.26. The highest BCUT2D eigenvalue weighted by atomic mass is 16.3. The van der Waals surface area contributed by atoms with E-state index in [4.69, 9.17) is 0 Å². The summed E-state index contributed by atoms with van der Waals surface area (Å²) in [5, 5.41) is 9.58. The van der Waals surface area contributed by atoms with Crippen LogP contribution in [0.3, 0.4) is 0 Å². The molecule has 1 aliphatic heterocycles. The normalized spacial score (nSPS) is 18.2. The maximum Gasteiger partial charge on any atom is 0.156 e. The maximum atomic E-state index is 9.58. The lowest BCUT2D eigenvalue weighted by molar-refractivity contribution is 0.473. The first-order valence-corrected chi connectivity index (χ1v) is 7.59. The van der Waals surface area contributed by atoms with Gasteiger partial charge < -0.3 is 10.0 Å². The van der Waals surface area contributed by atoms with Crippen LogP contribution >= 0.6 is 0 Å². The Morgan fingerprint density at radius 2 is 2.23 bits per heavy atom. The molecule has 3 heterocycles. The van der Waals surface area contributed by atoms with Gasteiger partial charge in [0.1, 0.15) is 11.6 Å². The molecule has 3 aromatic rings. The average Bonchev–Trinajstić information content (AvgIpc) is 3.15. The van der Waals surface area contributed by atoms with Crippen LogP contribution in [-0.2, 0) is 6.42 Å². The topological polar surface area (TPSA) is 53.7 Å². The second kappa shape index (κ2) is 5.33. The van der Waals surface area contributed by atoms with Gasteiger partial charge >= 0.3 is 0 Å². The molecule has 0 radical (unpaired) electrons. The Labute approximate surface area is 128 Å². The van der Waals surface area contributed by atoms with Gasteiger partial charge in [0.15, 0.2) is 5.65 Å². The molecular weight excluding hydrogens is 276 g/mol. The number of phenolic OH excluding ortho intramolecular Hbond substituents is 1. The number of rotatable bonds is 3. The Kier molecular flexibility index (Phi) is 3.18. The molecule has 1 saturated heterocycles. The minimum Gasteiger partial charge on any atom is -0.508 e. The van der Waals surface area contributed by atoms with Gasteiger partial charge in [-0.25, -0.2) is 4.98 Å². The number of phenols is 1. The van der Waals surface area contributed by atoms with E-state index in [0.29, 0.717) is 11.7 Å². The summed E-state index contributed by atoms with van der Waals surface area (Å²) in [5.74, 6) is 2.05. The summed E-state index contributed by atoms with van der Waals surface area (Å²) in [4.78, 5) is 11.0. The second-order valence-corrected chi connectivity index (χ2v) is 5.90. The molecule has 1 aromatic carbocycles. The van der Waals surface area contributed by atoms with E-state index in [-0.39, 0.29) is 0 Å². The van der Waals surface area contributed by atoms with Crippen molar-refractivity contribution in [1.82, 2.24) is 14.4 Å². The predicted octanol–water partition coefficient (Wildman–Crippen LogP) is 2.50. The number of aromatic hydroxyl groups is 1. The first kappa shape index (κ1) is 13.1. The number of hydrogen-bond donors (Lipinski definition) is 1. The standard InChI is InChI=1S/C17H18N4O/c22-15-3-1-2-13(9-15)8-14-4-6-20(12-14)17-11-18-10-16-19-5-7-21(16)17/h1-3,5,7,9-11,14,22H,4,6,8,12H2.